The molecule has 4 heteroatoms. The van der Waals surface area contributed by atoms with Gasteiger partial charge < -0.3 is 10.3 Å². The summed E-state index contributed by atoms with van der Waals surface area (Å²) in [5.74, 6) is 1.13. The summed E-state index contributed by atoms with van der Waals surface area (Å²) in [6.45, 7) is 3.73. The highest BCUT2D eigenvalue weighted by atomic mass is 32.1. The monoisotopic (exact) mass is 271 g/mol. The first-order valence-electron chi connectivity index (χ1n) is 6.52. The third-order valence-corrected chi connectivity index (χ3v) is 4.33. The Bertz CT molecular complexity index is 696. The molecule has 19 heavy (non-hydrogen) atoms. The number of nitrogens with two attached hydrogens (primary N) is 1. The van der Waals surface area contributed by atoms with Crippen LogP contribution in [-0.2, 0) is 19.5 Å². The van der Waals surface area contributed by atoms with Gasteiger partial charge in [-0.3, -0.25) is 0 Å². The van der Waals surface area contributed by atoms with Gasteiger partial charge in [0.15, 0.2) is 0 Å². The summed E-state index contributed by atoms with van der Waals surface area (Å²) in [5, 5.41) is 2.18. The van der Waals surface area contributed by atoms with E-state index in [1.54, 1.807) is 11.3 Å². The molecule has 0 saturated carbocycles. The zero-order chi connectivity index (χ0) is 13.2. The smallest absolute Gasteiger partial charge is 0.114 e. The number of aromatic nitrogens is 2. The summed E-state index contributed by atoms with van der Waals surface area (Å²) in [4.78, 5) is 5.98. The van der Waals surface area contributed by atoms with E-state index in [1.165, 1.54) is 16.0 Å². The zero-order valence-corrected chi connectivity index (χ0v) is 11.8. The zero-order valence-electron chi connectivity index (χ0n) is 11.0. The van der Waals surface area contributed by atoms with Gasteiger partial charge in [0.2, 0.25) is 0 Å². The maximum absolute atomic E-state index is 5.66. The lowest BCUT2D eigenvalue weighted by Gasteiger charge is -2.04. The van der Waals surface area contributed by atoms with Crippen molar-refractivity contribution >= 4 is 22.4 Å². The molecule has 3 nitrogen and oxygen atoms in total. The summed E-state index contributed by atoms with van der Waals surface area (Å²) in [6, 6.07) is 10.5. The van der Waals surface area contributed by atoms with Crippen LogP contribution in [0.5, 0.6) is 0 Å². The molecular weight excluding hydrogens is 254 g/mol. The fraction of sp³-hybridized carbons (Fsp3) is 0.267. The molecule has 0 aliphatic rings. The van der Waals surface area contributed by atoms with Crippen molar-refractivity contribution in [3.63, 3.8) is 0 Å². The van der Waals surface area contributed by atoms with E-state index in [-0.39, 0.29) is 0 Å². The first-order valence-corrected chi connectivity index (χ1v) is 7.40. The molecule has 3 rings (SSSR count). The number of hydrogen-bond donors (Lipinski definition) is 1. The first-order chi connectivity index (χ1) is 9.31. The van der Waals surface area contributed by atoms with Crippen molar-refractivity contribution in [2.24, 2.45) is 5.73 Å². The molecule has 0 spiro atoms. The van der Waals surface area contributed by atoms with Crippen LogP contribution in [0.1, 0.15) is 23.2 Å². The van der Waals surface area contributed by atoms with E-state index in [1.807, 2.05) is 6.07 Å². The number of fused-ring (bicyclic) bond motifs is 1. The van der Waals surface area contributed by atoms with Gasteiger partial charge >= 0.3 is 0 Å². The van der Waals surface area contributed by atoms with Gasteiger partial charge in [-0.15, -0.1) is 11.3 Å². The van der Waals surface area contributed by atoms with Crippen molar-refractivity contribution in [2.75, 3.05) is 0 Å². The minimum atomic E-state index is 0.620. The Morgan fingerprint density at radius 3 is 2.89 bits per heavy atom. The molecule has 2 heterocycles. The van der Waals surface area contributed by atoms with Gasteiger partial charge in [-0.2, -0.15) is 0 Å². The average molecular weight is 271 g/mol. The van der Waals surface area contributed by atoms with Crippen LogP contribution in [0.4, 0.5) is 0 Å². The van der Waals surface area contributed by atoms with Gasteiger partial charge in [0.25, 0.3) is 0 Å². The van der Waals surface area contributed by atoms with Gasteiger partial charge in [0, 0.05) is 24.4 Å². The molecule has 2 aromatic heterocycles. The van der Waals surface area contributed by atoms with Crippen molar-refractivity contribution in [3.8, 4) is 0 Å². The Labute approximate surface area is 116 Å². The predicted octanol–water partition coefficient (Wildman–Crippen LogP) is 3.17. The largest absolute Gasteiger partial charge is 0.328 e. The molecule has 0 atom stereocenters. The van der Waals surface area contributed by atoms with E-state index in [9.17, 15) is 0 Å². The molecule has 0 amide bonds. The lowest BCUT2D eigenvalue weighted by atomic mass is 10.2. The van der Waals surface area contributed by atoms with E-state index in [2.05, 4.69) is 41.1 Å². The Kier molecular flexibility index (Phi) is 3.36. The van der Waals surface area contributed by atoms with E-state index in [0.717, 1.165) is 24.3 Å². The standard InChI is InChI=1S/C15H17N3S/c1-2-18-14-6-4-3-5-13(14)17-15(18)8-11-7-12(9-16)19-10-11/h3-7,10H,2,8-9,16H2,1H3. The quantitative estimate of drug-likeness (QED) is 0.792. The number of aryl methyl sites for hydroxylation is 1. The van der Waals surface area contributed by atoms with Gasteiger partial charge in [-0.1, -0.05) is 12.1 Å². The number of benzene rings is 1. The van der Waals surface area contributed by atoms with Crippen LogP contribution >= 0.6 is 11.3 Å². The van der Waals surface area contributed by atoms with Crippen LogP contribution in [0, 0.1) is 0 Å². The second-order valence-corrected chi connectivity index (χ2v) is 5.56. The Morgan fingerprint density at radius 2 is 2.16 bits per heavy atom. The highest BCUT2D eigenvalue weighted by Crippen LogP contribution is 2.21. The molecule has 0 unspecified atom stereocenters. The van der Waals surface area contributed by atoms with Crippen LogP contribution in [-0.4, -0.2) is 9.55 Å². The van der Waals surface area contributed by atoms with Crippen LogP contribution < -0.4 is 5.73 Å². The average Bonchev–Trinajstić information content (AvgIpc) is 3.02. The summed E-state index contributed by atoms with van der Waals surface area (Å²) >= 11 is 1.73. The number of hydrogen-bond acceptors (Lipinski definition) is 3. The molecule has 0 aliphatic heterocycles. The van der Waals surface area contributed by atoms with Crippen LogP contribution in [0.15, 0.2) is 35.7 Å². The molecule has 0 bridgehead atoms. The number of imidazole rings is 1. The van der Waals surface area contributed by atoms with Crippen molar-refractivity contribution < 1.29 is 0 Å². The number of nitrogens with zero attached hydrogens (tertiary/aromatic N) is 2. The lowest BCUT2D eigenvalue weighted by molar-refractivity contribution is 0.734. The molecule has 1 aromatic carbocycles. The molecule has 2 N–H and O–H groups in total. The van der Waals surface area contributed by atoms with E-state index in [0.29, 0.717) is 6.54 Å². The summed E-state index contributed by atoms with van der Waals surface area (Å²) in [5.41, 5.74) is 9.26. The molecule has 0 radical (unpaired) electrons. The van der Waals surface area contributed by atoms with Crippen molar-refractivity contribution in [1.82, 2.24) is 9.55 Å². The molecule has 0 fully saturated rings. The third kappa shape index (κ3) is 2.29. The topological polar surface area (TPSA) is 43.8 Å². The summed E-state index contributed by atoms with van der Waals surface area (Å²) < 4.78 is 2.29. The molecule has 3 aromatic rings. The minimum absolute atomic E-state index is 0.620. The summed E-state index contributed by atoms with van der Waals surface area (Å²) in [6.07, 6.45) is 0.874. The Balaban J connectivity index is 1.99. The predicted molar refractivity (Wildman–Crippen MR) is 80.4 cm³/mol. The minimum Gasteiger partial charge on any atom is -0.328 e. The molecule has 0 aliphatic carbocycles. The fourth-order valence-electron chi connectivity index (χ4n) is 2.42. The summed E-state index contributed by atoms with van der Waals surface area (Å²) in [7, 11) is 0. The van der Waals surface area contributed by atoms with Gasteiger partial charge in [-0.05, 0) is 36.1 Å². The van der Waals surface area contributed by atoms with E-state index >= 15 is 0 Å². The van der Waals surface area contributed by atoms with Gasteiger partial charge in [0.05, 0.1) is 11.0 Å². The maximum Gasteiger partial charge on any atom is 0.114 e. The third-order valence-electron chi connectivity index (χ3n) is 3.32. The SMILES string of the molecule is CCn1c(Cc2csc(CN)c2)nc2ccccc21. The molecule has 98 valence electrons. The normalized spacial score (nSPS) is 11.3. The van der Waals surface area contributed by atoms with Crippen molar-refractivity contribution in [1.29, 1.82) is 0 Å². The second-order valence-electron chi connectivity index (χ2n) is 4.56. The fourth-order valence-corrected chi connectivity index (χ4v) is 3.19. The van der Waals surface area contributed by atoms with E-state index in [4.69, 9.17) is 10.7 Å². The first kappa shape index (κ1) is 12.4. The maximum atomic E-state index is 5.66. The highest BCUT2D eigenvalue weighted by Gasteiger charge is 2.10. The highest BCUT2D eigenvalue weighted by molar-refractivity contribution is 7.10. The van der Waals surface area contributed by atoms with Crippen LogP contribution in [0.25, 0.3) is 11.0 Å². The lowest BCUT2D eigenvalue weighted by Crippen LogP contribution is -2.02. The number of para-hydroxylation sites is 2. The van der Waals surface area contributed by atoms with Crippen molar-refractivity contribution in [3.05, 3.63) is 52.0 Å². The van der Waals surface area contributed by atoms with Crippen LogP contribution in [0.2, 0.25) is 0 Å². The second kappa shape index (κ2) is 5.15. The molecule has 0 saturated heterocycles. The van der Waals surface area contributed by atoms with Crippen molar-refractivity contribution in [2.45, 2.75) is 26.4 Å². The van der Waals surface area contributed by atoms with Crippen LogP contribution in [0.3, 0.4) is 0 Å². The number of thiophene rings is 1. The Morgan fingerprint density at radius 1 is 1.32 bits per heavy atom. The van der Waals surface area contributed by atoms with Gasteiger partial charge in [-0.25, -0.2) is 4.98 Å². The van der Waals surface area contributed by atoms with Gasteiger partial charge in [0.1, 0.15) is 5.82 Å². The Hall–Kier alpha value is -1.65. The number of rotatable bonds is 4. The van der Waals surface area contributed by atoms with E-state index < -0.39 is 0 Å². The molecular formula is C15H17N3S.